The largest absolute Gasteiger partial charge is 0.497 e. The number of methoxy groups -OCH3 is 1. The Bertz CT molecular complexity index is 431. The lowest BCUT2D eigenvalue weighted by atomic mass is 9.84. The molecule has 0 saturated carbocycles. The summed E-state index contributed by atoms with van der Waals surface area (Å²) in [6, 6.07) is 8.02. The predicted octanol–water partition coefficient (Wildman–Crippen LogP) is 2.97. The first-order valence-electron chi connectivity index (χ1n) is 5.77. The van der Waals surface area contributed by atoms with Crippen molar-refractivity contribution in [3.8, 4) is 5.75 Å². The molecule has 0 radical (unpaired) electrons. The molecule has 1 aliphatic carbocycles. The SMILES string of the molecule is COc1ccc(C2CC=C(C(=O)O)CC2)cc1. The lowest BCUT2D eigenvalue weighted by molar-refractivity contribution is -0.132. The molecular formula is C14H16O3. The molecule has 0 spiro atoms. The van der Waals surface area contributed by atoms with Crippen LogP contribution in [-0.2, 0) is 4.79 Å². The summed E-state index contributed by atoms with van der Waals surface area (Å²) in [5, 5.41) is 8.88. The van der Waals surface area contributed by atoms with E-state index in [1.54, 1.807) is 7.11 Å². The second kappa shape index (κ2) is 5.04. The van der Waals surface area contributed by atoms with E-state index >= 15 is 0 Å². The highest BCUT2D eigenvalue weighted by molar-refractivity contribution is 5.86. The first kappa shape index (κ1) is 11.7. The third kappa shape index (κ3) is 2.67. The van der Waals surface area contributed by atoms with Gasteiger partial charge in [-0.3, -0.25) is 0 Å². The Labute approximate surface area is 101 Å². The smallest absolute Gasteiger partial charge is 0.331 e. The van der Waals surface area contributed by atoms with Gasteiger partial charge in [0, 0.05) is 5.57 Å². The second-order valence-electron chi connectivity index (χ2n) is 4.28. The highest BCUT2D eigenvalue weighted by Gasteiger charge is 2.19. The molecule has 2 rings (SSSR count). The van der Waals surface area contributed by atoms with Gasteiger partial charge in [0.25, 0.3) is 0 Å². The average Bonchev–Trinajstić information content (AvgIpc) is 2.39. The second-order valence-corrected chi connectivity index (χ2v) is 4.28. The molecule has 3 nitrogen and oxygen atoms in total. The molecular weight excluding hydrogens is 216 g/mol. The topological polar surface area (TPSA) is 46.5 Å². The first-order chi connectivity index (χ1) is 8.20. The van der Waals surface area contributed by atoms with Crippen molar-refractivity contribution in [2.24, 2.45) is 0 Å². The first-order valence-corrected chi connectivity index (χ1v) is 5.77. The molecule has 1 unspecified atom stereocenters. The molecule has 1 aliphatic rings. The molecule has 1 N–H and O–H groups in total. The van der Waals surface area contributed by atoms with Gasteiger partial charge in [-0.2, -0.15) is 0 Å². The van der Waals surface area contributed by atoms with Crippen LogP contribution in [0.3, 0.4) is 0 Å². The van der Waals surface area contributed by atoms with E-state index in [0.29, 0.717) is 17.9 Å². The van der Waals surface area contributed by atoms with Crippen LogP contribution in [0.15, 0.2) is 35.9 Å². The van der Waals surface area contributed by atoms with Crippen LogP contribution in [0.4, 0.5) is 0 Å². The van der Waals surface area contributed by atoms with Gasteiger partial charge in [0.1, 0.15) is 5.75 Å². The Morgan fingerprint density at radius 3 is 2.53 bits per heavy atom. The number of benzene rings is 1. The number of carboxylic acid groups (broad SMARTS) is 1. The van der Waals surface area contributed by atoms with E-state index in [1.165, 1.54) is 5.56 Å². The van der Waals surface area contributed by atoms with Gasteiger partial charge in [-0.15, -0.1) is 0 Å². The van der Waals surface area contributed by atoms with Gasteiger partial charge >= 0.3 is 5.97 Å². The van der Waals surface area contributed by atoms with Gasteiger partial charge in [0.2, 0.25) is 0 Å². The number of allylic oxidation sites excluding steroid dienone is 1. The number of carbonyl (C=O) groups is 1. The fourth-order valence-electron chi connectivity index (χ4n) is 2.21. The van der Waals surface area contributed by atoms with Crippen LogP contribution >= 0.6 is 0 Å². The standard InChI is InChI=1S/C14H16O3/c1-17-13-8-6-11(7-9-13)10-2-4-12(5-3-10)14(15)16/h4,6-10H,2-3,5H2,1H3,(H,15,16). The number of ether oxygens (including phenoxy) is 1. The van der Waals surface area contributed by atoms with Gasteiger partial charge in [0.15, 0.2) is 0 Å². The maximum absolute atomic E-state index is 10.8. The van der Waals surface area contributed by atoms with Crippen LogP contribution in [0.1, 0.15) is 30.7 Å². The van der Waals surface area contributed by atoms with Crippen LogP contribution in [-0.4, -0.2) is 18.2 Å². The van der Waals surface area contributed by atoms with Crippen molar-refractivity contribution in [1.82, 2.24) is 0 Å². The summed E-state index contributed by atoms with van der Waals surface area (Å²) in [4.78, 5) is 10.8. The van der Waals surface area contributed by atoms with E-state index < -0.39 is 5.97 Å². The van der Waals surface area contributed by atoms with Crippen molar-refractivity contribution in [3.05, 3.63) is 41.5 Å². The summed E-state index contributed by atoms with van der Waals surface area (Å²) in [7, 11) is 1.65. The Morgan fingerprint density at radius 1 is 1.35 bits per heavy atom. The lowest BCUT2D eigenvalue weighted by Crippen LogP contribution is -2.09. The van der Waals surface area contributed by atoms with E-state index in [-0.39, 0.29) is 0 Å². The van der Waals surface area contributed by atoms with Crippen LogP contribution in [0.25, 0.3) is 0 Å². The molecule has 0 saturated heterocycles. The van der Waals surface area contributed by atoms with Crippen molar-refractivity contribution >= 4 is 5.97 Å². The minimum absolute atomic E-state index is 0.434. The van der Waals surface area contributed by atoms with Crippen LogP contribution in [0.5, 0.6) is 5.75 Å². The predicted molar refractivity (Wildman–Crippen MR) is 65.3 cm³/mol. The highest BCUT2D eigenvalue weighted by atomic mass is 16.5. The molecule has 0 heterocycles. The summed E-state index contributed by atoms with van der Waals surface area (Å²) >= 11 is 0. The molecule has 0 aliphatic heterocycles. The maximum atomic E-state index is 10.8. The summed E-state index contributed by atoms with van der Waals surface area (Å²) in [5.41, 5.74) is 1.81. The molecule has 0 bridgehead atoms. The Hall–Kier alpha value is -1.77. The van der Waals surface area contributed by atoms with E-state index in [9.17, 15) is 4.79 Å². The van der Waals surface area contributed by atoms with E-state index in [2.05, 4.69) is 12.1 Å². The van der Waals surface area contributed by atoms with Gasteiger partial charge in [-0.05, 0) is 42.9 Å². The molecule has 17 heavy (non-hydrogen) atoms. The number of rotatable bonds is 3. The zero-order valence-corrected chi connectivity index (χ0v) is 9.85. The molecule has 3 heteroatoms. The van der Waals surface area contributed by atoms with Crippen molar-refractivity contribution < 1.29 is 14.6 Å². The highest BCUT2D eigenvalue weighted by Crippen LogP contribution is 2.32. The summed E-state index contributed by atoms with van der Waals surface area (Å²) < 4.78 is 5.12. The Kier molecular flexibility index (Phi) is 3.47. The van der Waals surface area contributed by atoms with Crippen LogP contribution < -0.4 is 4.74 Å². The number of carboxylic acids is 1. The number of hydrogen-bond acceptors (Lipinski definition) is 2. The zero-order valence-electron chi connectivity index (χ0n) is 9.85. The molecule has 0 fully saturated rings. The normalized spacial score (nSPS) is 19.6. The van der Waals surface area contributed by atoms with Gasteiger partial charge < -0.3 is 9.84 Å². The quantitative estimate of drug-likeness (QED) is 0.871. The van der Waals surface area contributed by atoms with Crippen molar-refractivity contribution in [2.75, 3.05) is 7.11 Å². The van der Waals surface area contributed by atoms with Gasteiger partial charge in [-0.1, -0.05) is 18.2 Å². The number of hydrogen-bond donors (Lipinski definition) is 1. The van der Waals surface area contributed by atoms with Crippen LogP contribution in [0, 0.1) is 0 Å². The minimum Gasteiger partial charge on any atom is -0.497 e. The fraction of sp³-hybridized carbons (Fsp3) is 0.357. The number of aliphatic carboxylic acids is 1. The Balaban J connectivity index is 2.07. The van der Waals surface area contributed by atoms with Crippen molar-refractivity contribution in [3.63, 3.8) is 0 Å². The molecule has 0 aromatic heterocycles. The van der Waals surface area contributed by atoms with E-state index in [1.807, 2.05) is 18.2 Å². The third-order valence-electron chi connectivity index (χ3n) is 3.27. The van der Waals surface area contributed by atoms with Gasteiger partial charge in [-0.25, -0.2) is 4.79 Å². The third-order valence-corrected chi connectivity index (χ3v) is 3.27. The molecule has 1 atom stereocenters. The van der Waals surface area contributed by atoms with E-state index in [4.69, 9.17) is 9.84 Å². The molecule has 90 valence electrons. The average molecular weight is 232 g/mol. The fourth-order valence-corrected chi connectivity index (χ4v) is 2.21. The maximum Gasteiger partial charge on any atom is 0.331 e. The molecule has 0 amide bonds. The van der Waals surface area contributed by atoms with E-state index in [0.717, 1.165) is 18.6 Å². The summed E-state index contributed by atoms with van der Waals surface area (Å²) in [5.74, 6) is 0.508. The van der Waals surface area contributed by atoms with Crippen molar-refractivity contribution in [1.29, 1.82) is 0 Å². The Morgan fingerprint density at radius 2 is 2.06 bits per heavy atom. The summed E-state index contributed by atoms with van der Waals surface area (Å²) in [6.07, 6.45) is 4.23. The molecule has 1 aromatic carbocycles. The zero-order chi connectivity index (χ0) is 12.3. The monoisotopic (exact) mass is 232 g/mol. The summed E-state index contributed by atoms with van der Waals surface area (Å²) in [6.45, 7) is 0. The lowest BCUT2D eigenvalue weighted by Gasteiger charge is -2.20. The van der Waals surface area contributed by atoms with Gasteiger partial charge in [0.05, 0.1) is 7.11 Å². The van der Waals surface area contributed by atoms with Crippen molar-refractivity contribution in [2.45, 2.75) is 25.2 Å². The minimum atomic E-state index is -0.779. The molecule has 1 aromatic rings. The van der Waals surface area contributed by atoms with Crippen LogP contribution in [0.2, 0.25) is 0 Å².